The lowest BCUT2D eigenvalue weighted by Crippen LogP contribution is -2.08. The van der Waals surface area contributed by atoms with Crippen LogP contribution in [0.15, 0.2) is 53.1 Å². The molecule has 142 valence electrons. The van der Waals surface area contributed by atoms with Crippen LogP contribution in [0, 0.1) is 5.92 Å². The van der Waals surface area contributed by atoms with Gasteiger partial charge in [-0.05, 0) is 80.1 Å². The molecular weight excluding hydrogens is 366 g/mol. The van der Waals surface area contributed by atoms with Crippen molar-refractivity contribution >= 4 is 21.6 Å². The highest BCUT2D eigenvalue weighted by molar-refractivity contribution is 7.19. The van der Waals surface area contributed by atoms with Crippen molar-refractivity contribution in [1.29, 1.82) is 0 Å². The number of thiophene rings is 1. The third kappa shape index (κ3) is 3.02. The van der Waals surface area contributed by atoms with E-state index in [9.17, 15) is 0 Å². The maximum atomic E-state index is 5.81. The number of aromatic nitrogens is 1. The molecule has 5 rings (SSSR count). The molecule has 28 heavy (non-hydrogen) atoms. The summed E-state index contributed by atoms with van der Waals surface area (Å²) in [5.41, 5.74) is 4.72. The Labute approximate surface area is 169 Å². The Bertz CT molecular complexity index is 1110. The van der Waals surface area contributed by atoms with Gasteiger partial charge in [-0.3, -0.25) is 0 Å². The van der Waals surface area contributed by atoms with Gasteiger partial charge in [-0.2, -0.15) is 0 Å². The van der Waals surface area contributed by atoms with E-state index in [1.54, 1.807) is 6.26 Å². The maximum absolute atomic E-state index is 5.81. The summed E-state index contributed by atoms with van der Waals surface area (Å²) in [5.74, 6) is 2.55. The number of fused-ring (bicyclic) bond motifs is 3. The summed E-state index contributed by atoms with van der Waals surface area (Å²) in [5, 5.41) is 1.29. The molecule has 4 heteroatoms. The normalized spacial score (nSPS) is 16.3. The van der Waals surface area contributed by atoms with Crippen molar-refractivity contribution in [3.05, 3.63) is 59.2 Å². The summed E-state index contributed by atoms with van der Waals surface area (Å²) in [4.78, 5) is 7.68. The van der Waals surface area contributed by atoms with Crippen molar-refractivity contribution in [2.45, 2.75) is 33.1 Å². The van der Waals surface area contributed by atoms with E-state index < -0.39 is 0 Å². The van der Waals surface area contributed by atoms with Crippen LogP contribution in [0.2, 0.25) is 0 Å². The summed E-state index contributed by atoms with van der Waals surface area (Å²) in [6.07, 6.45) is 5.29. The first-order valence-corrected chi connectivity index (χ1v) is 10.8. The van der Waals surface area contributed by atoms with Crippen LogP contribution in [0.1, 0.15) is 30.7 Å². The second-order valence-corrected chi connectivity index (χ2v) is 8.61. The average molecular weight is 390 g/mol. The highest BCUT2D eigenvalue weighted by atomic mass is 32.1. The fourth-order valence-electron chi connectivity index (χ4n) is 4.11. The number of nitrogens with zero attached hydrogens (tertiary/aromatic N) is 1. The van der Waals surface area contributed by atoms with Crippen molar-refractivity contribution in [2.75, 3.05) is 6.61 Å². The standard InChI is InChI=1S/C24H23NO2S/c1-3-26-17-9-7-16(8-10-17)20-14-19(21-5-4-12-27-21)23-18-11-6-15(2)13-22(18)28-24(23)25-20/h4-5,7-10,12,14-15H,3,6,11,13H2,1-2H3. The van der Waals surface area contributed by atoms with Crippen LogP contribution in [0.3, 0.4) is 0 Å². The molecule has 0 amide bonds. The van der Waals surface area contributed by atoms with Crippen LogP contribution in [-0.4, -0.2) is 11.6 Å². The van der Waals surface area contributed by atoms with Gasteiger partial charge in [-0.1, -0.05) is 6.92 Å². The fourth-order valence-corrected chi connectivity index (χ4v) is 5.51. The average Bonchev–Trinajstić information content (AvgIpc) is 3.35. The SMILES string of the molecule is CCOc1ccc(-c2cc(-c3ccco3)c3c4c(sc3n2)CC(C)CC4)cc1. The van der Waals surface area contributed by atoms with E-state index in [0.717, 1.165) is 51.9 Å². The summed E-state index contributed by atoms with van der Waals surface area (Å²) < 4.78 is 11.4. The molecule has 4 aromatic rings. The van der Waals surface area contributed by atoms with Gasteiger partial charge in [0.2, 0.25) is 0 Å². The molecule has 3 nitrogen and oxygen atoms in total. The molecule has 1 unspecified atom stereocenters. The molecule has 1 atom stereocenters. The summed E-state index contributed by atoms with van der Waals surface area (Å²) in [6, 6.07) is 14.4. The Kier molecular flexibility index (Phi) is 4.44. The molecule has 0 radical (unpaired) electrons. The summed E-state index contributed by atoms with van der Waals surface area (Å²) in [7, 11) is 0. The Balaban J connectivity index is 1.69. The van der Waals surface area contributed by atoms with Crippen molar-refractivity contribution in [1.82, 2.24) is 4.98 Å². The highest BCUT2D eigenvalue weighted by Crippen LogP contribution is 2.43. The Hall–Kier alpha value is -2.59. The zero-order valence-corrected chi connectivity index (χ0v) is 17.0. The highest BCUT2D eigenvalue weighted by Gasteiger charge is 2.24. The molecule has 0 spiro atoms. The molecule has 0 saturated carbocycles. The summed E-state index contributed by atoms with van der Waals surface area (Å²) >= 11 is 1.86. The lowest BCUT2D eigenvalue weighted by Gasteiger charge is -2.18. The molecule has 0 N–H and O–H groups in total. The van der Waals surface area contributed by atoms with Crippen LogP contribution in [0.5, 0.6) is 5.75 Å². The minimum Gasteiger partial charge on any atom is -0.494 e. The monoisotopic (exact) mass is 389 g/mol. The van der Waals surface area contributed by atoms with Crippen molar-refractivity contribution in [3.63, 3.8) is 0 Å². The predicted octanol–water partition coefficient (Wildman–Crippen LogP) is 6.75. The second kappa shape index (κ2) is 7.10. The third-order valence-corrected chi connectivity index (χ3v) is 6.66. The van der Waals surface area contributed by atoms with Gasteiger partial charge in [0.25, 0.3) is 0 Å². The number of hydrogen-bond donors (Lipinski definition) is 0. The molecular formula is C24H23NO2S. The molecule has 0 aliphatic heterocycles. The van der Waals surface area contributed by atoms with Gasteiger partial charge in [0.05, 0.1) is 18.6 Å². The third-order valence-electron chi connectivity index (χ3n) is 5.51. The lowest BCUT2D eigenvalue weighted by atomic mass is 9.88. The lowest BCUT2D eigenvalue weighted by molar-refractivity contribution is 0.340. The number of hydrogen-bond acceptors (Lipinski definition) is 4. The van der Waals surface area contributed by atoms with Gasteiger partial charge in [-0.15, -0.1) is 11.3 Å². The predicted molar refractivity (Wildman–Crippen MR) is 115 cm³/mol. The van der Waals surface area contributed by atoms with Crippen LogP contribution >= 0.6 is 11.3 Å². The molecule has 3 aromatic heterocycles. The first kappa shape index (κ1) is 17.5. The fraction of sp³-hybridized carbons (Fsp3) is 0.292. The zero-order chi connectivity index (χ0) is 19.1. The van der Waals surface area contributed by atoms with E-state index in [2.05, 4.69) is 25.1 Å². The van der Waals surface area contributed by atoms with Crippen molar-refractivity contribution in [2.24, 2.45) is 5.92 Å². The molecule has 1 aliphatic rings. The van der Waals surface area contributed by atoms with Crippen LogP contribution in [-0.2, 0) is 12.8 Å². The second-order valence-electron chi connectivity index (χ2n) is 7.52. The van der Waals surface area contributed by atoms with E-state index in [-0.39, 0.29) is 0 Å². The number of pyridine rings is 1. The van der Waals surface area contributed by atoms with Gasteiger partial charge < -0.3 is 9.15 Å². The molecule has 1 aliphatic carbocycles. The number of benzene rings is 1. The number of ether oxygens (including phenoxy) is 1. The number of aryl methyl sites for hydroxylation is 1. The molecule has 3 heterocycles. The van der Waals surface area contributed by atoms with E-state index in [1.165, 1.54) is 22.2 Å². The topological polar surface area (TPSA) is 35.3 Å². The zero-order valence-electron chi connectivity index (χ0n) is 16.2. The Morgan fingerprint density at radius 3 is 2.82 bits per heavy atom. The Morgan fingerprint density at radius 2 is 2.07 bits per heavy atom. The van der Waals surface area contributed by atoms with Gasteiger partial charge >= 0.3 is 0 Å². The number of furan rings is 1. The minimum atomic E-state index is 0.672. The van der Waals surface area contributed by atoms with E-state index in [1.807, 2.05) is 42.5 Å². The van der Waals surface area contributed by atoms with Crippen molar-refractivity contribution in [3.8, 4) is 28.3 Å². The first-order valence-electron chi connectivity index (χ1n) is 9.95. The van der Waals surface area contributed by atoms with Crippen LogP contribution in [0.25, 0.3) is 32.8 Å². The smallest absolute Gasteiger partial charge is 0.134 e. The van der Waals surface area contributed by atoms with Gasteiger partial charge in [0.15, 0.2) is 0 Å². The van der Waals surface area contributed by atoms with Gasteiger partial charge in [-0.25, -0.2) is 4.98 Å². The van der Waals surface area contributed by atoms with Gasteiger partial charge in [0, 0.05) is 21.4 Å². The van der Waals surface area contributed by atoms with E-state index in [0.29, 0.717) is 6.61 Å². The summed E-state index contributed by atoms with van der Waals surface area (Å²) in [6.45, 7) is 5.02. The van der Waals surface area contributed by atoms with Crippen molar-refractivity contribution < 1.29 is 9.15 Å². The van der Waals surface area contributed by atoms with E-state index >= 15 is 0 Å². The molecule has 0 fully saturated rings. The largest absolute Gasteiger partial charge is 0.494 e. The maximum Gasteiger partial charge on any atom is 0.134 e. The van der Waals surface area contributed by atoms with Crippen LogP contribution < -0.4 is 4.74 Å². The number of rotatable bonds is 4. The first-order chi connectivity index (χ1) is 13.7. The quantitative estimate of drug-likeness (QED) is 0.387. The van der Waals surface area contributed by atoms with Crippen LogP contribution in [0.4, 0.5) is 0 Å². The molecule has 0 bridgehead atoms. The van der Waals surface area contributed by atoms with E-state index in [4.69, 9.17) is 14.1 Å². The molecule has 0 saturated heterocycles. The Morgan fingerprint density at radius 1 is 1.21 bits per heavy atom. The molecule has 1 aromatic carbocycles. The van der Waals surface area contributed by atoms with Gasteiger partial charge in [0.1, 0.15) is 16.3 Å². The minimum absolute atomic E-state index is 0.672.